The molecule has 0 spiro atoms. The number of aryl methyl sites for hydroxylation is 1. The molecule has 3 rings (SSSR count). The predicted molar refractivity (Wildman–Crippen MR) is 71.9 cm³/mol. The SMILES string of the molecule is Cc1cc(Oc2nccn3nccc23)ccc1Br. The highest BCUT2D eigenvalue weighted by atomic mass is 79.9. The van der Waals surface area contributed by atoms with Crippen LogP contribution in [0.3, 0.4) is 0 Å². The summed E-state index contributed by atoms with van der Waals surface area (Å²) in [5.74, 6) is 1.31. The Kier molecular flexibility index (Phi) is 2.76. The number of halogens is 1. The molecule has 0 bridgehead atoms. The minimum Gasteiger partial charge on any atom is -0.437 e. The lowest BCUT2D eigenvalue weighted by atomic mass is 10.2. The van der Waals surface area contributed by atoms with E-state index in [1.54, 1.807) is 23.1 Å². The van der Waals surface area contributed by atoms with E-state index in [1.165, 1.54) is 0 Å². The van der Waals surface area contributed by atoms with Crippen LogP contribution in [0.25, 0.3) is 5.52 Å². The summed E-state index contributed by atoms with van der Waals surface area (Å²) >= 11 is 3.46. The third kappa shape index (κ3) is 1.97. The van der Waals surface area contributed by atoms with Crippen molar-refractivity contribution in [2.24, 2.45) is 0 Å². The highest BCUT2D eigenvalue weighted by molar-refractivity contribution is 9.10. The summed E-state index contributed by atoms with van der Waals surface area (Å²) in [6.07, 6.45) is 5.17. The quantitative estimate of drug-likeness (QED) is 0.726. The second kappa shape index (κ2) is 4.42. The second-order valence-corrected chi connectivity index (χ2v) is 4.76. The van der Waals surface area contributed by atoms with Crippen LogP contribution in [0.4, 0.5) is 0 Å². The van der Waals surface area contributed by atoms with Crippen LogP contribution in [-0.4, -0.2) is 14.6 Å². The molecule has 2 heterocycles. The van der Waals surface area contributed by atoms with Gasteiger partial charge in [0.05, 0.1) is 6.20 Å². The number of hydrogen-bond acceptors (Lipinski definition) is 3. The molecule has 0 aliphatic heterocycles. The molecule has 4 nitrogen and oxygen atoms in total. The number of nitrogens with zero attached hydrogens (tertiary/aromatic N) is 3. The van der Waals surface area contributed by atoms with E-state index in [1.807, 2.05) is 31.2 Å². The van der Waals surface area contributed by atoms with Crippen molar-refractivity contribution in [3.8, 4) is 11.6 Å². The Hall–Kier alpha value is -1.88. The van der Waals surface area contributed by atoms with Gasteiger partial charge in [0.1, 0.15) is 11.3 Å². The normalized spacial score (nSPS) is 10.8. The summed E-state index contributed by atoms with van der Waals surface area (Å²) in [4.78, 5) is 4.23. The molecule has 18 heavy (non-hydrogen) atoms. The Morgan fingerprint density at radius 3 is 2.94 bits per heavy atom. The summed E-state index contributed by atoms with van der Waals surface area (Å²) in [5.41, 5.74) is 1.96. The maximum atomic E-state index is 5.79. The molecule has 0 unspecified atom stereocenters. The Morgan fingerprint density at radius 1 is 1.22 bits per heavy atom. The third-order valence-electron chi connectivity index (χ3n) is 2.63. The Bertz CT molecular complexity index is 708. The van der Waals surface area contributed by atoms with Crippen molar-refractivity contribution >= 4 is 21.4 Å². The Labute approximate surface area is 112 Å². The smallest absolute Gasteiger partial charge is 0.245 e. The first-order chi connectivity index (χ1) is 8.74. The van der Waals surface area contributed by atoms with Crippen molar-refractivity contribution in [3.05, 3.63) is 52.9 Å². The minimum atomic E-state index is 0.553. The number of fused-ring (bicyclic) bond motifs is 1. The van der Waals surface area contributed by atoms with Gasteiger partial charge in [0.15, 0.2) is 0 Å². The lowest BCUT2D eigenvalue weighted by Crippen LogP contribution is -1.93. The van der Waals surface area contributed by atoms with Crippen molar-refractivity contribution in [2.45, 2.75) is 6.92 Å². The summed E-state index contributed by atoms with van der Waals surface area (Å²) in [5, 5.41) is 4.14. The number of aromatic nitrogens is 3. The molecule has 3 aromatic rings. The average molecular weight is 304 g/mol. The topological polar surface area (TPSA) is 39.4 Å². The highest BCUT2D eigenvalue weighted by Crippen LogP contribution is 2.27. The van der Waals surface area contributed by atoms with Gasteiger partial charge >= 0.3 is 0 Å². The fourth-order valence-corrected chi connectivity index (χ4v) is 1.95. The molecular weight excluding hydrogens is 294 g/mol. The fraction of sp³-hybridized carbons (Fsp3) is 0.0769. The predicted octanol–water partition coefficient (Wildman–Crippen LogP) is 3.59. The van der Waals surface area contributed by atoms with Gasteiger partial charge in [-0.25, -0.2) is 9.50 Å². The second-order valence-electron chi connectivity index (χ2n) is 3.91. The van der Waals surface area contributed by atoms with Crippen LogP contribution >= 0.6 is 15.9 Å². The van der Waals surface area contributed by atoms with E-state index in [4.69, 9.17) is 4.74 Å². The van der Waals surface area contributed by atoms with Crippen LogP contribution in [-0.2, 0) is 0 Å². The van der Waals surface area contributed by atoms with E-state index in [9.17, 15) is 0 Å². The monoisotopic (exact) mass is 303 g/mol. The van der Waals surface area contributed by atoms with Crippen LogP contribution in [0.2, 0.25) is 0 Å². The summed E-state index contributed by atoms with van der Waals surface area (Å²) in [6.45, 7) is 2.02. The lowest BCUT2D eigenvalue weighted by molar-refractivity contribution is 0.465. The molecule has 0 saturated heterocycles. The standard InChI is InChI=1S/C13H10BrN3O/c1-9-8-10(2-3-11(9)14)18-13-12-4-5-16-17(12)7-6-15-13/h2-8H,1H3. The molecule has 0 aliphatic rings. The molecule has 5 heteroatoms. The van der Waals surface area contributed by atoms with Crippen LogP contribution in [0.1, 0.15) is 5.56 Å². The highest BCUT2D eigenvalue weighted by Gasteiger charge is 2.06. The van der Waals surface area contributed by atoms with Gasteiger partial charge in [-0.1, -0.05) is 15.9 Å². The number of ether oxygens (including phenoxy) is 1. The van der Waals surface area contributed by atoms with Crippen molar-refractivity contribution in [3.63, 3.8) is 0 Å². The van der Waals surface area contributed by atoms with Gasteiger partial charge in [0.25, 0.3) is 0 Å². The van der Waals surface area contributed by atoms with Gasteiger partial charge in [-0.15, -0.1) is 0 Å². The molecule has 0 N–H and O–H groups in total. The molecule has 2 aromatic heterocycles. The molecule has 1 aromatic carbocycles. The zero-order valence-corrected chi connectivity index (χ0v) is 11.3. The van der Waals surface area contributed by atoms with E-state index >= 15 is 0 Å². The van der Waals surface area contributed by atoms with Gasteiger partial charge in [-0.2, -0.15) is 5.10 Å². The van der Waals surface area contributed by atoms with Gasteiger partial charge < -0.3 is 4.74 Å². The summed E-state index contributed by atoms with van der Waals surface area (Å²) in [6, 6.07) is 7.69. The molecule has 0 saturated carbocycles. The van der Waals surface area contributed by atoms with E-state index in [0.29, 0.717) is 5.88 Å². The lowest BCUT2D eigenvalue weighted by Gasteiger charge is -2.07. The van der Waals surface area contributed by atoms with Crippen molar-refractivity contribution in [2.75, 3.05) is 0 Å². The Balaban J connectivity index is 2.01. The van der Waals surface area contributed by atoms with Crippen molar-refractivity contribution in [1.82, 2.24) is 14.6 Å². The molecule has 0 amide bonds. The van der Waals surface area contributed by atoms with Crippen LogP contribution in [0, 0.1) is 6.92 Å². The van der Waals surface area contributed by atoms with Gasteiger partial charge in [-0.3, -0.25) is 0 Å². The van der Waals surface area contributed by atoms with Crippen LogP contribution in [0.15, 0.2) is 47.3 Å². The average Bonchev–Trinajstić information content (AvgIpc) is 2.83. The van der Waals surface area contributed by atoms with E-state index < -0.39 is 0 Å². The van der Waals surface area contributed by atoms with E-state index in [2.05, 4.69) is 26.0 Å². The number of hydrogen-bond donors (Lipinski definition) is 0. The fourth-order valence-electron chi connectivity index (χ4n) is 1.70. The maximum Gasteiger partial charge on any atom is 0.245 e. The van der Waals surface area contributed by atoms with Crippen molar-refractivity contribution < 1.29 is 4.74 Å². The molecule has 0 aliphatic carbocycles. The van der Waals surface area contributed by atoms with Gasteiger partial charge in [0.2, 0.25) is 5.88 Å². The molecule has 0 atom stereocenters. The largest absolute Gasteiger partial charge is 0.437 e. The van der Waals surface area contributed by atoms with E-state index in [0.717, 1.165) is 21.3 Å². The first-order valence-electron chi connectivity index (χ1n) is 5.46. The molecular formula is C13H10BrN3O. The molecule has 0 radical (unpaired) electrons. The zero-order valence-electron chi connectivity index (χ0n) is 9.67. The third-order valence-corrected chi connectivity index (χ3v) is 3.52. The summed E-state index contributed by atoms with van der Waals surface area (Å²) in [7, 11) is 0. The van der Waals surface area contributed by atoms with Crippen LogP contribution < -0.4 is 4.74 Å². The Morgan fingerprint density at radius 2 is 2.11 bits per heavy atom. The van der Waals surface area contributed by atoms with E-state index in [-0.39, 0.29) is 0 Å². The number of benzene rings is 1. The first kappa shape index (κ1) is 11.2. The van der Waals surface area contributed by atoms with Crippen molar-refractivity contribution in [1.29, 1.82) is 0 Å². The first-order valence-corrected chi connectivity index (χ1v) is 6.26. The zero-order chi connectivity index (χ0) is 12.5. The van der Waals surface area contributed by atoms with Crippen LogP contribution in [0.5, 0.6) is 11.6 Å². The summed E-state index contributed by atoms with van der Waals surface area (Å²) < 4.78 is 8.58. The molecule has 0 fully saturated rings. The van der Waals surface area contributed by atoms with Gasteiger partial charge in [0, 0.05) is 16.9 Å². The number of rotatable bonds is 2. The molecule has 90 valence electrons. The van der Waals surface area contributed by atoms with Gasteiger partial charge in [-0.05, 0) is 36.8 Å². The maximum absolute atomic E-state index is 5.79. The minimum absolute atomic E-state index is 0.553.